The van der Waals surface area contributed by atoms with Crippen LogP contribution in [0.3, 0.4) is 0 Å². The largest absolute Gasteiger partial charge is 0.352 e. The molecule has 1 aromatic carbocycles. The fraction of sp³-hybridized carbons (Fsp3) is 0.350. The molecular formula is C20H21FN4OS. The van der Waals surface area contributed by atoms with Gasteiger partial charge in [0.05, 0.1) is 5.39 Å². The first-order valence-corrected chi connectivity index (χ1v) is 9.80. The van der Waals surface area contributed by atoms with Crippen LogP contribution in [-0.4, -0.2) is 47.0 Å². The second kappa shape index (κ2) is 6.88. The zero-order chi connectivity index (χ0) is 19.1. The number of anilines is 1. The average Bonchev–Trinajstić information content (AvgIpc) is 2.97. The van der Waals surface area contributed by atoms with Crippen molar-refractivity contribution in [2.24, 2.45) is 0 Å². The van der Waals surface area contributed by atoms with E-state index in [1.807, 2.05) is 11.8 Å². The number of aromatic nitrogens is 2. The Morgan fingerprint density at radius 1 is 1.07 bits per heavy atom. The van der Waals surface area contributed by atoms with Crippen LogP contribution < -0.4 is 4.90 Å². The number of carbonyl (C=O) groups excluding carboxylic acids is 1. The second-order valence-corrected chi connectivity index (χ2v) is 8.01. The summed E-state index contributed by atoms with van der Waals surface area (Å²) in [5, 5.41) is 1.02. The van der Waals surface area contributed by atoms with Gasteiger partial charge in [0.25, 0.3) is 0 Å². The van der Waals surface area contributed by atoms with Gasteiger partial charge in [0.15, 0.2) is 0 Å². The molecule has 1 aliphatic rings. The monoisotopic (exact) mass is 384 g/mol. The molecule has 0 saturated carbocycles. The van der Waals surface area contributed by atoms with Crippen molar-refractivity contribution in [3.63, 3.8) is 0 Å². The van der Waals surface area contributed by atoms with E-state index in [-0.39, 0.29) is 11.7 Å². The first-order valence-electron chi connectivity index (χ1n) is 8.98. The summed E-state index contributed by atoms with van der Waals surface area (Å²) in [6.45, 7) is 8.44. The number of aryl methyl sites for hydroxylation is 2. The summed E-state index contributed by atoms with van der Waals surface area (Å²) >= 11 is 1.64. The van der Waals surface area contributed by atoms with Crippen molar-refractivity contribution in [1.29, 1.82) is 0 Å². The highest BCUT2D eigenvalue weighted by Crippen LogP contribution is 2.42. The van der Waals surface area contributed by atoms with Gasteiger partial charge in [-0.05, 0) is 31.5 Å². The van der Waals surface area contributed by atoms with E-state index in [9.17, 15) is 9.18 Å². The fourth-order valence-corrected chi connectivity index (χ4v) is 4.71. The van der Waals surface area contributed by atoms with Crippen LogP contribution in [0.1, 0.15) is 17.6 Å². The number of hydrogen-bond acceptors (Lipinski definition) is 5. The number of carbonyl (C=O) groups is 1. The predicted molar refractivity (Wildman–Crippen MR) is 107 cm³/mol. The SMILES string of the molecule is CC(=O)N1CCN(c2nc(C)nc3sc(C)c(-c4ccc(F)cc4)c23)CC1. The molecule has 3 heterocycles. The van der Waals surface area contributed by atoms with Gasteiger partial charge in [-0.25, -0.2) is 14.4 Å². The Bertz CT molecular complexity index is 1010. The summed E-state index contributed by atoms with van der Waals surface area (Å²) in [6, 6.07) is 6.58. The van der Waals surface area contributed by atoms with Crippen LogP contribution in [0.25, 0.3) is 21.3 Å². The van der Waals surface area contributed by atoms with Gasteiger partial charge in [0, 0.05) is 43.5 Å². The summed E-state index contributed by atoms with van der Waals surface area (Å²) in [5.74, 6) is 1.50. The van der Waals surface area contributed by atoms with Crippen molar-refractivity contribution in [1.82, 2.24) is 14.9 Å². The molecule has 3 aromatic rings. The molecule has 0 unspecified atom stereocenters. The first kappa shape index (κ1) is 17.9. The summed E-state index contributed by atoms with van der Waals surface area (Å²) in [5.41, 5.74) is 2.04. The number of benzene rings is 1. The molecule has 2 aromatic heterocycles. The average molecular weight is 384 g/mol. The summed E-state index contributed by atoms with van der Waals surface area (Å²) in [4.78, 5) is 27.2. The molecule has 5 nitrogen and oxygen atoms in total. The number of hydrogen-bond donors (Lipinski definition) is 0. The van der Waals surface area contributed by atoms with Gasteiger partial charge in [-0.1, -0.05) is 12.1 Å². The van der Waals surface area contributed by atoms with Crippen molar-refractivity contribution in [2.75, 3.05) is 31.1 Å². The van der Waals surface area contributed by atoms with E-state index >= 15 is 0 Å². The number of nitrogens with zero attached hydrogens (tertiary/aromatic N) is 4. The summed E-state index contributed by atoms with van der Waals surface area (Å²) in [6.07, 6.45) is 0. The van der Waals surface area contributed by atoms with E-state index in [0.29, 0.717) is 13.1 Å². The second-order valence-electron chi connectivity index (χ2n) is 6.81. The number of halogens is 1. The third kappa shape index (κ3) is 3.27. The van der Waals surface area contributed by atoms with Crippen LogP contribution in [0.4, 0.5) is 10.2 Å². The molecule has 0 aliphatic carbocycles. The first-order chi connectivity index (χ1) is 12.9. The molecule has 1 fully saturated rings. The minimum Gasteiger partial charge on any atom is -0.352 e. The van der Waals surface area contributed by atoms with Crippen LogP contribution in [-0.2, 0) is 4.79 Å². The lowest BCUT2D eigenvalue weighted by atomic mass is 10.0. The van der Waals surface area contributed by atoms with Gasteiger partial charge in [-0.3, -0.25) is 4.79 Å². The molecule has 27 heavy (non-hydrogen) atoms. The molecular weight excluding hydrogens is 363 g/mol. The van der Waals surface area contributed by atoms with Crippen LogP contribution in [0, 0.1) is 19.7 Å². The van der Waals surface area contributed by atoms with Crippen LogP contribution in [0.5, 0.6) is 0 Å². The van der Waals surface area contributed by atoms with Crippen LogP contribution >= 0.6 is 11.3 Å². The lowest BCUT2D eigenvalue weighted by molar-refractivity contribution is -0.129. The zero-order valence-electron chi connectivity index (χ0n) is 15.6. The standard InChI is InChI=1S/C20H21FN4OS/c1-12-17(15-4-6-16(21)7-5-15)18-19(22-13(2)23-20(18)27-12)25-10-8-24(9-11-25)14(3)26/h4-7H,8-11H2,1-3H3. The molecule has 7 heteroatoms. The number of rotatable bonds is 2. The predicted octanol–water partition coefficient (Wildman–Crippen LogP) is 3.78. The highest BCUT2D eigenvalue weighted by molar-refractivity contribution is 7.19. The molecule has 0 N–H and O–H groups in total. The molecule has 1 amide bonds. The van der Waals surface area contributed by atoms with Crippen LogP contribution in [0.2, 0.25) is 0 Å². The molecule has 0 radical (unpaired) electrons. The molecule has 140 valence electrons. The fourth-order valence-electron chi connectivity index (χ4n) is 3.62. The Morgan fingerprint density at radius 2 is 1.74 bits per heavy atom. The maximum atomic E-state index is 13.4. The molecule has 4 rings (SSSR count). The lowest BCUT2D eigenvalue weighted by Gasteiger charge is -2.35. The highest BCUT2D eigenvalue weighted by Gasteiger charge is 2.25. The van der Waals surface area contributed by atoms with Crippen molar-refractivity contribution in [3.05, 3.63) is 40.8 Å². The van der Waals surface area contributed by atoms with Crippen molar-refractivity contribution >= 4 is 33.3 Å². The lowest BCUT2D eigenvalue weighted by Crippen LogP contribution is -2.48. The van der Waals surface area contributed by atoms with Crippen molar-refractivity contribution < 1.29 is 9.18 Å². The molecule has 1 saturated heterocycles. The smallest absolute Gasteiger partial charge is 0.219 e. The number of fused-ring (bicyclic) bond motifs is 1. The van der Waals surface area contributed by atoms with Gasteiger partial charge in [0.1, 0.15) is 22.3 Å². The van der Waals surface area contributed by atoms with E-state index in [1.54, 1.807) is 30.4 Å². The van der Waals surface area contributed by atoms with Gasteiger partial charge in [0.2, 0.25) is 5.91 Å². The minimum atomic E-state index is -0.247. The third-order valence-electron chi connectivity index (χ3n) is 4.98. The van der Waals surface area contributed by atoms with Crippen LogP contribution in [0.15, 0.2) is 24.3 Å². The number of thiophene rings is 1. The quantitative estimate of drug-likeness (QED) is 0.675. The number of amides is 1. The van der Waals surface area contributed by atoms with E-state index in [2.05, 4.69) is 16.8 Å². The molecule has 1 aliphatic heterocycles. The Kier molecular flexibility index (Phi) is 4.55. The third-order valence-corrected chi connectivity index (χ3v) is 5.98. The Balaban J connectivity index is 1.83. The normalized spacial score (nSPS) is 14.8. The van der Waals surface area contributed by atoms with E-state index in [0.717, 1.165) is 51.0 Å². The summed E-state index contributed by atoms with van der Waals surface area (Å²) in [7, 11) is 0. The molecule has 0 bridgehead atoms. The minimum absolute atomic E-state index is 0.108. The van der Waals surface area contributed by atoms with E-state index < -0.39 is 0 Å². The van der Waals surface area contributed by atoms with Gasteiger partial charge in [-0.2, -0.15) is 0 Å². The zero-order valence-corrected chi connectivity index (χ0v) is 16.4. The topological polar surface area (TPSA) is 49.3 Å². The molecule has 0 spiro atoms. The maximum absolute atomic E-state index is 13.4. The number of piperazine rings is 1. The van der Waals surface area contributed by atoms with Crippen molar-refractivity contribution in [3.8, 4) is 11.1 Å². The molecule has 0 atom stereocenters. The van der Waals surface area contributed by atoms with Crippen molar-refractivity contribution in [2.45, 2.75) is 20.8 Å². The van der Waals surface area contributed by atoms with E-state index in [1.165, 1.54) is 12.1 Å². The Morgan fingerprint density at radius 3 is 2.37 bits per heavy atom. The van der Waals surface area contributed by atoms with Gasteiger partial charge >= 0.3 is 0 Å². The van der Waals surface area contributed by atoms with Gasteiger partial charge in [-0.15, -0.1) is 11.3 Å². The maximum Gasteiger partial charge on any atom is 0.219 e. The Labute approximate surface area is 161 Å². The highest BCUT2D eigenvalue weighted by atomic mass is 32.1. The van der Waals surface area contributed by atoms with Gasteiger partial charge < -0.3 is 9.80 Å². The summed E-state index contributed by atoms with van der Waals surface area (Å²) < 4.78 is 13.4. The van der Waals surface area contributed by atoms with E-state index in [4.69, 9.17) is 4.98 Å². The Hall–Kier alpha value is -2.54.